The van der Waals surface area contributed by atoms with Gasteiger partial charge in [-0.2, -0.15) is 0 Å². The number of ether oxygens (including phenoxy) is 1. The molecule has 0 amide bonds. The summed E-state index contributed by atoms with van der Waals surface area (Å²) >= 11 is 5.91. The zero-order chi connectivity index (χ0) is 12.0. The quantitative estimate of drug-likeness (QED) is 0.762. The summed E-state index contributed by atoms with van der Waals surface area (Å²) in [7, 11) is 1.31. The van der Waals surface area contributed by atoms with E-state index in [1.165, 1.54) is 7.11 Å². The topological polar surface area (TPSA) is 58.6 Å². The minimum Gasteiger partial charge on any atom is -0.468 e. The van der Waals surface area contributed by atoms with E-state index in [0.29, 0.717) is 10.6 Å². The number of methoxy groups -OCH3 is 1. The lowest BCUT2D eigenvalue weighted by atomic mass is 10.1. The Hall–Kier alpha value is -1.10. The molecule has 0 radical (unpaired) electrons. The van der Waals surface area contributed by atoms with Gasteiger partial charge in [-0.1, -0.05) is 29.8 Å². The van der Waals surface area contributed by atoms with Crippen LogP contribution in [0.5, 0.6) is 0 Å². The van der Waals surface area contributed by atoms with Gasteiger partial charge in [0.25, 0.3) is 0 Å². The highest BCUT2D eigenvalue weighted by molar-refractivity contribution is 6.31. The second kappa shape index (κ2) is 6.48. The third kappa shape index (κ3) is 3.81. The van der Waals surface area contributed by atoms with Crippen molar-refractivity contribution >= 4 is 17.6 Å². The number of hydrogen-bond donors (Lipinski definition) is 2. The molecule has 0 aliphatic heterocycles. The van der Waals surface area contributed by atoms with Crippen molar-refractivity contribution in [1.82, 2.24) is 5.32 Å². The molecule has 88 valence electrons. The zero-order valence-electron chi connectivity index (χ0n) is 8.94. The number of aliphatic hydroxyl groups is 1. The van der Waals surface area contributed by atoms with Gasteiger partial charge in [-0.25, -0.2) is 0 Å². The Balaban J connectivity index is 2.44. The van der Waals surface area contributed by atoms with Crippen molar-refractivity contribution in [3.8, 4) is 0 Å². The van der Waals surface area contributed by atoms with Gasteiger partial charge in [0.1, 0.15) is 0 Å². The van der Waals surface area contributed by atoms with Crippen LogP contribution in [0.4, 0.5) is 0 Å². The predicted octanol–water partition coefficient (Wildman–Crippen LogP) is 1.14. The third-order valence-electron chi connectivity index (χ3n) is 2.10. The molecule has 1 rings (SSSR count). The van der Waals surface area contributed by atoms with E-state index in [9.17, 15) is 9.90 Å². The van der Waals surface area contributed by atoms with Crippen molar-refractivity contribution in [2.75, 3.05) is 20.2 Å². The highest BCUT2D eigenvalue weighted by Gasteiger charge is 2.11. The van der Waals surface area contributed by atoms with Gasteiger partial charge in [0.05, 0.1) is 19.8 Å². The molecule has 0 aliphatic rings. The van der Waals surface area contributed by atoms with Gasteiger partial charge in [0.2, 0.25) is 0 Å². The number of rotatable bonds is 5. The Morgan fingerprint density at radius 2 is 2.25 bits per heavy atom. The summed E-state index contributed by atoms with van der Waals surface area (Å²) in [4.78, 5) is 10.8. The molecule has 5 heteroatoms. The van der Waals surface area contributed by atoms with Crippen molar-refractivity contribution < 1.29 is 14.6 Å². The number of carbonyl (C=O) groups excluding carboxylic acids is 1. The number of benzene rings is 1. The summed E-state index contributed by atoms with van der Waals surface area (Å²) in [5.74, 6) is -0.369. The highest BCUT2D eigenvalue weighted by Crippen LogP contribution is 2.21. The second-order valence-corrected chi connectivity index (χ2v) is 3.65. The SMILES string of the molecule is COC(=O)CNCC(O)c1ccccc1Cl. The van der Waals surface area contributed by atoms with Gasteiger partial charge in [-0.3, -0.25) is 4.79 Å². The number of esters is 1. The van der Waals surface area contributed by atoms with Crippen molar-refractivity contribution in [3.63, 3.8) is 0 Å². The molecule has 4 nitrogen and oxygen atoms in total. The molecule has 0 aliphatic carbocycles. The molecule has 0 fully saturated rings. The molecule has 0 spiro atoms. The van der Waals surface area contributed by atoms with E-state index >= 15 is 0 Å². The standard InChI is InChI=1S/C11H14ClNO3/c1-16-11(15)7-13-6-10(14)8-4-2-3-5-9(8)12/h2-5,10,13-14H,6-7H2,1H3. The fourth-order valence-corrected chi connectivity index (χ4v) is 1.50. The van der Waals surface area contributed by atoms with E-state index in [2.05, 4.69) is 10.1 Å². The Kier molecular flexibility index (Phi) is 5.25. The largest absolute Gasteiger partial charge is 0.468 e. The van der Waals surface area contributed by atoms with Crippen LogP contribution in [0.15, 0.2) is 24.3 Å². The van der Waals surface area contributed by atoms with E-state index in [1.54, 1.807) is 24.3 Å². The molecule has 0 bridgehead atoms. The van der Waals surface area contributed by atoms with E-state index in [4.69, 9.17) is 11.6 Å². The number of halogens is 1. The first-order valence-electron chi connectivity index (χ1n) is 4.85. The number of carbonyl (C=O) groups is 1. The molecule has 0 saturated carbocycles. The van der Waals surface area contributed by atoms with Crippen LogP contribution in [-0.4, -0.2) is 31.3 Å². The summed E-state index contributed by atoms with van der Waals surface area (Å²) in [6.45, 7) is 0.316. The minimum atomic E-state index is -0.738. The average Bonchev–Trinajstić information content (AvgIpc) is 2.29. The molecular weight excluding hydrogens is 230 g/mol. The molecule has 2 N–H and O–H groups in total. The Bertz CT molecular complexity index is 357. The molecular formula is C11H14ClNO3. The van der Waals surface area contributed by atoms with Gasteiger partial charge in [-0.15, -0.1) is 0 Å². The fourth-order valence-electron chi connectivity index (χ4n) is 1.24. The van der Waals surface area contributed by atoms with E-state index in [0.717, 1.165) is 0 Å². The summed E-state index contributed by atoms with van der Waals surface area (Å²) in [6.07, 6.45) is -0.738. The minimum absolute atomic E-state index is 0.0675. The van der Waals surface area contributed by atoms with Crippen LogP contribution < -0.4 is 5.32 Å². The highest BCUT2D eigenvalue weighted by atomic mass is 35.5. The lowest BCUT2D eigenvalue weighted by molar-refractivity contribution is -0.139. The number of nitrogens with one attached hydrogen (secondary N) is 1. The first-order chi connectivity index (χ1) is 7.65. The first-order valence-corrected chi connectivity index (χ1v) is 5.23. The Morgan fingerprint density at radius 3 is 2.88 bits per heavy atom. The maximum Gasteiger partial charge on any atom is 0.319 e. The fraction of sp³-hybridized carbons (Fsp3) is 0.364. The van der Waals surface area contributed by atoms with Crippen molar-refractivity contribution in [2.45, 2.75) is 6.10 Å². The molecule has 0 aromatic heterocycles. The lowest BCUT2D eigenvalue weighted by Crippen LogP contribution is -2.28. The maximum atomic E-state index is 10.8. The number of aliphatic hydroxyl groups excluding tert-OH is 1. The van der Waals surface area contributed by atoms with Crippen molar-refractivity contribution in [2.24, 2.45) is 0 Å². The van der Waals surface area contributed by atoms with Crippen LogP contribution in [0.25, 0.3) is 0 Å². The molecule has 1 aromatic rings. The van der Waals surface area contributed by atoms with E-state index < -0.39 is 6.10 Å². The van der Waals surface area contributed by atoms with Gasteiger partial charge >= 0.3 is 5.97 Å². The van der Waals surface area contributed by atoms with E-state index in [-0.39, 0.29) is 19.1 Å². The Morgan fingerprint density at radius 1 is 1.56 bits per heavy atom. The monoisotopic (exact) mass is 243 g/mol. The molecule has 1 atom stereocenters. The maximum absolute atomic E-state index is 10.8. The summed E-state index contributed by atoms with van der Waals surface area (Å²) in [6, 6.07) is 7.04. The zero-order valence-corrected chi connectivity index (χ0v) is 9.70. The second-order valence-electron chi connectivity index (χ2n) is 3.24. The van der Waals surface area contributed by atoms with Crippen LogP contribution in [0, 0.1) is 0 Å². The first kappa shape index (κ1) is 13.0. The van der Waals surface area contributed by atoms with E-state index in [1.807, 2.05) is 0 Å². The molecule has 0 heterocycles. The normalized spacial score (nSPS) is 12.2. The summed E-state index contributed by atoms with van der Waals surface area (Å²) in [5, 5.41) is 13.1. The molecule has 0 saturated heterocycles. The molecule has 1 aromatic carbocycles. The van der Waals surface area contributed by atoms with Crippen molar-refractivity contribution in [1.29, 1.82) is 0 Å². The molecule has 1 unspecified atom stereocenters. The van der Waals surface area contributed by atoms with Crippen LogP contribution in [0.3, 0.4) is 0 Å². The lowest BCUT2D eigenvalue weighted by Gasteiger charge is -2.12. The predicted molar refractivity (Wildman–Crippen MR) is 61.3 cm³/mol. The summed E-state index contributed by atoms with van der Waals surface area (Å²) in [5.41, 5.74) is 0.640. The van der Waals surface area contributed by atoms with Gasteiger partial charge in [-0.05, 0) is 6.07 Å². The summed E-state index contributed by atoms with van der Waals surface area (Å²) < 4.78 is 4.45. The third-order valence-corrected chi connectivity index (χ3v) is 2.44. The molecule has 16 heavy (non-hydrogen) atoms. The number of hydrogen-bond acceptors (Lipinski definition) is 4. The average molecular weight is 244 g/mol. The van der Waals surface area contributed by atoms with Crippen LogP contribution in [0.2, 0.25) is 5.02 Å². The Labute approximate surface area is 99.2 Å². The van der Waals surface area contributed by atoms with Crippen molar-refractivity contribution in [3.05, 3.63) is 34.9 Å². The van der Waals surface area contributed by atoms with Crippen LogP contribution in [0.1, 0.15) is 11.7 Å². The van der Waals surface area contributed by atoms with Crippen LogP contribution in [-0.2, 0) is 9.53 Å². The van der Waals surface area contributed by atoms with Gasteiger partial charge < -0.3 is 15.2 Å². The smallest absolute Gasteiger partial charge is 0.319 e. The van der Waals surface area contributed by atoms with Crippen LogP contribution >= 0.6 is 11.6 Å². The van der Waals surface area contributed by atoms with Gasteiger partial charge in [0, 0.05) is 17.1 Å². The van der Waals surface area contributed by atoms with Gasteiger partial charge in [0.15, 0.2) is 0 Å².